The van der Waals surface area contributed by atoms with Gasteiger partial charge in [0.2, 0.25) is 11.8 Å². The fourth-order valence-electron chi connectivity index (χ4n) is 3.19. The molecule has 7 heteroatoms. The number of nitrogens with zero attached hydrogens (tertiary/aromatic N) is 1. The number of hydrogen-bond acceptors (Lipinski definition) is 2. The maximum atomic E-state index is 12.8. The number of carbonyl (C=O) groups excluding carboxylic acids is 2. The normalized spacial score (nSPS) is 17.3. The number of alkyl halides is 3. The van der Waals surface area contributed by atoms with Gasteiger partial charge in [-0.2, -0.15) is 13.2 Å². The first kappa shape index (κ1) is 19.9. The van der Waals surface area contributed by atoms with Gasteiger partial charge in [0.25, 0.3) is 0 Å². The summed E-state index contributed by atoms with van der Waals surface area (Å²) in [5.41, 5.74) is 1.09. The van der Waals surface area contributed by atoms with Crippen LogP contribution in [0.15, 0.2) is 48.5 Å². The number of nitrogens with one attached hydrogen (secondary N) is 1. The Hall–Kier alpha value is -2.83. The second-order valence-corrected chi connectivity index (χ2v) is 7.22. The summed E-state index contributed by atoms with van der Waals surface area (Å²) in [7, 11) is 0. The molecule has 28 heavy (non-hydrogen) atoms. The van der Waals surface area contributed by atoms with Crippen LogP contribution in [0.1, 0.15) is 37.3 Å². The molecule has 3 rings (SSSR count). The highest BCUT2D eigenvalue weighted by Crippen LogP contribution is 2.31. The van der Waals surface area contributed by atoms with E-state index in [0.717, 1.165) is 17.7 Å². The maximum absolute atomic E-state index is 12.8. The molecule has 1 fully saturated rings. The predicted octanol–water partition coefficient (Wildman–Crippen LogP) is 4.82. The second kappa shape index (κ2) is 7.66. The summed E-state index contributed by atoms with van der Waals surface area (Å²) in [6.07, 6.45) is -4.46. The highest BCUT2D eigenvalue weighted by Gasteiger charge is 2.35. The molecule has 0 radical (unpaired) electrons. The number of carbonyl (C=O) groups is 2. The molecule has 0 bridgehead atoms. The van der Waals surface area contributed by atoms with Crippen molar-refractivity contribution < 1.29 is 22.8 Å². The van der Waals surface area contributed by atoms with Crippen LogP contribution < -0.4 is 10.2 Å². The van der Waals surface area contributed by atoms with Crippen LogP contribution in [0.3, 0.4) is 0 Å². The molecule has 0 spiro atoms. The lowest BCUT2D eigenvalue weighted by Crippen LogP contribution is -2.28. The van der Waals surface area contributed by atoms with E-state index in [-0.39, 0.29) is 24.6 Å². The summed E-state index contributed by atoms with van der Waals surface area (Å²) in [6, 6.07) is 12.1. The van der Waals surface area contributed by atoms with Crippen molar-refractivity contribution in [1.29, 1.82) is 0 Å². The Morgan fingerprint density at radius 3 is 2.43 bits per heavy atom. The molecule has 0 saturated carbocycles. The third-order valence-corrected chi connectivity index (χ3v) is 4.82. The first-order chi connectivity index (χ1) is 13.1. The Bertz CT molecular complexity index is 876. The number of rotatable bonds is 4. The predicted molar refractivity (Wildman–Crippen MR) is 101 cm³/mol. The molecule has 2 amide bonds. The zero-order chi connectivity index (χ0) is 20.5. The molecule has 0 aliphatic carbocycles. The smallest absolute Gasteiger partial charge is 0.326 e. The molecular weight excluding hydrogens is 369 g/mol. The molecule has 2 aromatic carbocycles. The lowest BCUT2D eigenvalue weighted by Gasteiger charge is -2.18. The van der Waals surface area contributed by atoms with Crippen molar-refractivity contribution in [3.05, 3.63) is 59.7 Å². The molecule has 1 aliphatic rings. The van der Waals surface area contributed by atoms with Gasteiger partial charge in [-0.1, -0.05) is 32.0 Å². The highest BCUT2D eigenvalue weighted by atomic mass is 19.4. The number of hydrogen-bond donors (Lipinski definition) is 1. The Morgan fingerprint density at radius 1 is 1.14 bits per heavy atom. The molecule has 148 valence electrons. The van der Waals surface area contributed by atoms with Crippen molar-refractivity contribution in [2.45, 2.75) is 32.4 Å². The van der Waals surface area contributed by atoms with Gasteiger partial charge in [0.1, 0.15) is 0 Å². The van der Waals surface area contributed by atoms with Crippen LogP contribution in [0.4, 0.5) is 24.5 Å². The van der Waals surface area contributed by atoms with E-state index in [4.69, 9.17) is 0 Å². The minimum absolute atomic E-state index is 0.0245. The van der Waals surface area contributed by atoms with Gasteiger partial charge in [-0.25, -0.2) is 0 Å². The Morgan fingerprint density at radius 2 is 1.82 bits per heavy atom. The van der Waals surface area contributed by atoms with Gasteiger partial charge in [0.05, 0.1) is 11.5 Å². The molecule has 1 saturated heterocycles. The molecule has 0 aromatic heterocycles. The summed E-state index contributed by atoms with van der Waals surface area (Å²) in [5, 5.41) is 2.50. The van der Waals surface area contributed by atoms with Crippen LogP contribution in [0.25, 0.3) is 0 Å². The van der Waals surface area contributed by atoms with Crippen molar-refractivity contribution >= 4 is 23.2 Å². The summed E-state index contributed by atoms with van der Waals surface area (Å²) in [5.74, 6) is -0.892. The Labute approximate surface area is 161 Å². The molecule has 1 N–H and O–H groups in total. The summed E-state index contributed by atoms with van der Waals surface area (Å²) < 4.78 is 38.4. The monoisotopic (exact) mass is 390 g/mol. The van der Waals surface area contributed by atoms with Crippen LogP contribution in [-0.4, -0.2) is 18.4 Å². The van der Waals surface area contributed by atoms with Gasteiger partial charge in [0.15, 0.2) is 0 Å². The van der Waals surface area contributed by atoms with E-state index in [9.17, 15) is 22.8 Å². The lowest BCUT2D eigenvalue weighted by molar-refractivity contribution is -0.137. The van der Waals surface area contributed by atoms with Gasteiger partial charge < -0.3 is 10.2 Å². The Balaban J connectivity index is 1.68. The Kier molecular flexibility index (Phi) is 5.45. The average molecular weight is 390 g/mol. The van der Waals surface area contributed by atoms with Crippen molar-refractivity contribution in [3.63, 3.8) is 0 Å². The van der Waals surface area contributed by atoms with Crippen LogP contribution in [-0.2, 0) is 15.8 Å². The number of anilines is 2. The second-order valence-electron chi connectivity index (χ2n) is 7.22. The topological polar surface area (TPSA) is 49.4 Å². The largest absolute Gasteiger partial charge is 0.416 e. The number of benzene rings is 2. The van der Waals surface area contributed by atoms with Crippen LogP contribution in [0.5, 0.6) is 0 Å². The quantitative estimate of drug-likeness (QED) is 0.814. The van der Waals surface area contributed by atoms with Crippen molar-refractivity contribution in [2.24, 2.45) is 5.92 Å². The lowest BCUT2D eigenvalue weighted by atomic mass is 10.0. The number of halogens is 3. The highest BCUT2D eigenvalue weighted by molar-refractivity contribution is 6.03. The summed E-state index contributed by atoms with van der Waals surface area (Å²) in [4.78, 5) is 26.4. The zero-order valence-corrected chi connectivity index (χ0v) is 15.6. The molecule has 1 atom stereocenters. The number of amides is 2. The standard InChI is InChI=1S/C21H21F3N2O2/c1-13(2)14-6-8-18(9-7-14)26-12-15(10-19(26)27)20(28)25-17-5-3-4-16(11-17)21(22,23)24/h3-9,11,13,15H,10,12H2,1-2H3,(H,25,28)/t15-/m1/s1. The van der Waals surface area contributed by atoms with E-state index >= 15 is 0 Å². The fourth-order valence-corrected chi connectivity index (χ4v) is 3.19. The molecule has 0 unspecified atom stereocenters. The summed E-state index contributed by atoms with van der Waals surface area (Å²) >= 11 is 0. The van der Waals surface area contributed by atoms with Crippen molar-refractivity contribution in [1.82, 2.24) is 0 Å². The van der Waals surface area contributed by atoms with Gasteiger partial charge in [0, 0.05) is 24.3 Å². The van der Waals surface area contributed by atoms with Crippen LogP contribution >= 0.6 is 0 Å². The molecule has 4 nitrogen and oxygen atoms in total. The molecule has 2 aromatic rings. The van der Waals surface area contributed by atoms with Crippen LogP contribution in [0.2, 0.25) is 0 Å². The van der Waals surface area contributed by atoms with E-state index < -0.39 is 23.6 Å². The van der Waals surface area contributed by atoms with Gasteiger partial charge in [-0.05, 0) is 41.8 Å². The zero-order valence-electron chi connectivity index (χ0n) is 15.6. The average Bonchev–Trinajstić information content (AvgIpc) is 3.03. The SMILES string of the molecule is CC(C)c1ccc(N2C[C@H](C(=O)Nc3cccc(C(F)(F)F)c3)CC2=O)cc1. The first-order valence-electron chi connectivity index (χ1n) is 9.03. The van der Waals surface area contributed by atoms with Crippen LogP contribution in [0, 0.1) is 5.92 Å². The van der Waals surface area contributed by atoms with E-state index in [0.29, 0.717) is 11.6 Å². The van der Waals surface area contributed by atoms with E-state index in [1.54, 1.807) is 4.90 Å². The third-order valence-electron chi connectivity index (χ3n) is 4.82. The van der Waals surface area contributed by atoms with Gasteiger partial charge in [-0.3, -0.25) is 9.59 Å². The summed E-state index contributed by atoms with van der Waals surface area (Å²) in [6.45, 7) is 4.35. The molecule has 1 heterocycles. The van der Waals surface area contributed by atoms with E-state index in [1.165, 1.54) is 12.1 Å². The first-order valence-corrected chi connectivity index (χ1v) is 9.03. The van der Waals surface area contributed by atoms with E-state index in [2.05, 4.69) is 19.2 Å². The van der Waals surface area contributed by atoms with Gasteiger partial charge >= 0.3 is 6.18 Å². The van der Waals surface area contributed by atoms with Crippen molar-refractivity contribution in [2.75, 3.05) is 16.8 Å². The molecule has 1 aliphatic heterocycles. The van der Waals surface area contributed by atoms with E-state index in [1.807, 2.05) is 24.3 Å². The van der Waals surface area contributed by atoms with Gasteiger partial charge in [-0.15, -0.1) is 0 Å². The maximum Gasteiger partial charge on any atom is 0.416 e. The minimum atomic E-state index is -4.48. The minimum Gasteiger partial charge on any atom is -0.326 e. The van der Waals surface area contributed by atoms with Crippen molar-refractivity contribution in [3.8, 4) is 0 Å². The molecular formula is C21H21F3N2O2. The third kappa shape index (κ3) is 4.35. The fraction of sp³-hybridized carbons (Fsp3) is 0.333.